The van der Waals surface area contributed by atoms with Gasteiger partial charge in [-0.05, 0) is 19.3 Å². The highest BCUT2D eigenvalue weighted by Crippen LogP contribution is 2.28. The smallest absolute Gasteiger partial charge is 0.326 e. The molecule has 1 atom stereocenters. The van der Waals surface area contributed by atoms with Crippen molar-refractivity contribution in [2.75, 3.05) is 0 Å². The van der Waals surface area contributed by atoms with Gasteiger partial charge in [-0.25, -0.2) is 4.79 Å². The number of amides is 2. The molecule has 0 spiro atoms. The standard InChI is InChI=1S/C9H14N2O4/c10-7(12)4-3-6(9(14)15)11-8(13)5-1-2-5/h5-6H,1-4H2,(H2,10,12)(H,11,13)(H,14,15). The van der Waals surface area contributed by atoms with Gasteiger partial charge in [-0.15, -0.1) is 0 Å². The fraction of sp³-hybridized carbons (Fsp3) is 0.667. The first-order chi connectivity index (χ1) is 7.00. The molecule has 4 N–H and O–H groups in total. The largest absolute Gasteiger partial charge is 0.480 e. The third-order valence-electron chi connectivity index (χ3n) is 2.24. The van der Waals surface area contributed by atoms with E-state index >= 15 is 0 Å². The minimum atomic E-state index is -1.13. The summed E-state index contributed by atoms with van der Waals surface area (Å²) in [6.07, 6.45) is 1.63. The lowest BCUT2D eigenvalue weighted by atomic mass is 10.1. The Kier molecular flexibility index (Phi) is 3.65. The number of nitrogens with two attached hydrogens (primary N) is 1. The number of carbonyl (C=O) groups is 3. The second kappa shape index (κ2) is 4.77. The maximum absolute atomic E-state index is 11.3. The van der Waals surface area contributed by atoms with Crippen molar-refractivity contribution in [1.82, 2.24) is 5.32 Å². The van der Waals surface area contributed by atoms with E-state index in [9.17, 15) is 14.4 Å². The van der Waals surface area contributed by atoms with Crippen LogP contribution in [0.25, 0.3) is 0 Å². The molecule has 6 heteroatoms. The van der Waals surface area contributed by atoms with Crippen LogP contribution in [0.15, 0.2) is 0 Å². The average Bonchev–Trinajstić information content (AvgIpc) is 2.93. The topological polar surface area (TPSA) is 109 Å². The molecule has 0 aliphatic heterocycles. The summed E-state index contributed by atoms with van der Waals surface area (Å²) in [5, 5.41) is 11.2. The molecule has 1 saturated carbocycles. The minimum absolute atomic E-state index is 0.0398. The first kappa shape index (κ1) is 11.5. The quantitative estimate of drug-likeness (QED) is 0.539. The van der Waals surface area contributed by atoms with Crippen molar-refractivity contribution in [3.8, 4) is 0 Å². The number of aliphatic carboxylic acids is 1. The van der Waals surface area contributed by atoms with Gasteiger partial charge >= 0.3 is 5.97 Å². The van der Waals surface area contributed by atoms with E-state index in [2.05, 4.69) is 5.32 Å². The van der Waals surface area contributed by atoms with Crippen molar-refractivity contribution in [1.29, 1.82) is 0 Å². The molecule has 1 rings (SSSR count). The molecule has 2 amide bonds. The van der Waals surface area contributed by atoms with Crippen LogP contribution in [-0.4, -0.2) is 28.9 Å². The maximum Gasteiger partial charge on any atom is 0.326 e. The van der Waals surface area contributed by atoms with Crippen molar-refractivity contribution in [3.63, 3.8) is 0 Å². The van der Waals surface area contributed by atoms with Crippen LogP contribution in [-0.2, 0) is 14.4 Å². The SMILES string of the molecule is NC(=O)CCC(NC(=O)C1CC1)C(=O)O. The number of hydrogen-bond acceptors (Lipinski definition) is 3. The van der Waals surface area contributed by atoms with E-state index in [-0.39, 0.29) is 24.7 Å². The summed E-state index contributed by atoms with van der Waals surface area (Å²) in [6.45, 7) is 0. The van der Waals surface area contributed by atoms with Gasteiger partial charge in [0, 0.05) is 12.3 Å². The van der Waals surface area contributed by atoms with E-state index in [1.807, 2.05) is 0 Å². The highest BCUT2D eigenvalue weighted by molar-refractivity contribution is 5.86. The molecule has 1 unspecified atom stereocenters. The van der Waals surface area contributed by atoms with Gasteiger partial charge in [0.25, 0.3) is 0 Å². The van der Waals surface area contributed by atoms with Crippen LogP contribution in [0.4, 0.5) is 0 Å². The van der Waals surface area contributed by atoms with E-state index in [1.165, 1.54) is 0 Å². The molecule has 84 valence electrons. The van der Waals surface area contributed by atoms with E-state index in [4.69, 9.17) is 10.8 Å². The highest BCUT2D eigenvalue weighted by atomic mass is 16.4. The fourth-order valence-electron chi connectivity index (χ4n) is 1.18. The summed E-state index contributed by atoms with van der Waals surface area (Å²) in [4.78, 5) is 32.5. The number of nitrogens with one attached hydrogen (secondary N) is 1. The van der Waals surface area contributed by atoms with Crippen LogP contribution in [0, 0.1) is 5.92 Å². The van der Waals surface area contributed by atoms with Crippen molar-refractivity contribution in [2.45, 2.75) is 31.7 Å². The van der Waals surface area contributed by atoms with Crippen LogP contribution < -0.4 is 11.1 Å². The predicted molar refractivity (Wildman–Crippen MR) is 50.7 cm³/mol. The zero-order valence-electron chi connectivity index (χ0n) is 8.23. The lowest BCUT2D eigenvalue weighted by molar-refractivity contribution is -0.142. The second-order valence-corrected chi connectivity index (χ2v) is 3.68. The van der Waals surface area contributed by atoms with Crippen LogP contribution in [0.3, 0.4) is 0 Å². The van der Waals surface area contributed by atoms with Crippen LogP contribution in [0.2, 0.25) is 0 Å². The van der Waals surface area contributed by atoms with Crippen molar-refractivity contribution in [2.24, 2.45) is 11.7 Å². The highest BCUT2D eigenvalue weighted by Gasteiger charge is 2.32. The van der Waals surface area contributed by atoms with E-state index < -0.39 is 17.9 Å². The molecule has 0 aromatic heterocycles. The molecule has 6 nitrogen and oxygen atoms in total. The average molecular weight is 214 g/mol. The van der Waals surface area contributed by atoms with Crippen LogP contribution in [0.1, 0.15) is 25.7 Å². The Bertz CT molecular complexity index is 286. The molecule has 1 aliphatic carbocycles. The second-order valence-electron chi connectivity index (χ2n) is 3.68. The Morgan fingerprint density at radius 2 is 2.00 bits per heavy atom. The van der Waals surface area contributed by atoms with Gasteiger partial charge in [0.05, 0.1) is 0 Å². The Morgan fingerprint density at radius 1 is 1.40 bits per heavy atom. The molecular formula is C9H14N2O4. The lowest BCUT2D eigenvalue weighted by Gasteiger charge is -2.13. The number of primary amides is 1. The molecule has 0 saturated heterocycles. The first-order valence-electron chi connectivity index (χ1n) is 4.82. The van der Waals surface area contributed by atoms with Gasteiger partial charge in [0.1, 0.15) is 6.04 Å². The molecule has 0 radical (unpaired) electrons. The van der Waals surface area contributed by atoms with E-state index in [0.717, 1.165) is 12.8 Å². The van der Waals surface area contributed by atoms with Crippen LogP contribution >= 0.6 is 0 Å². The normalized spacial score (nSPS) is 16.8. The summed E-state index contributed by atoms with van der Waals surface area (Å²) < 4.78 is 0. The summed E-state index contributed by atoms with van der Waals surface area (Å²) in [5.74, 6) is -1.99. The number of rotatable bonds is 6. The number of carbonyl (C=O) groups excluding carboxylic acids is 2. The molecule has 0 aromatic rings. The minimum Gasteiger partial charge on any atom is -0.480 e. The van der Waals surface area contributed by atoms with E-state index in [1.54, 1.807) is 0 Å². The van der Waals surface area contributed by atoms with Gasteiger partial charge in [-0.3, -0.25) is 9.59 Å². The number of carboxylic acid groups (broad SMARTS) is 1. The Hall–Kier alpha value is -1.59. The van der Waals surface area contributed by atoms with Crippen LogP contribution in [0.5, 0.6) is 0 Å². The van der Waals surface area contributed by atoms with Crippen molar-refractivity contribution < 1.29 is 19.5 Å². The van der Waals surface area contributed by atoms with Gasteiger partial charge in [0.2, 0.25) is 11.8 Å². The molecule has 15 heavy (non-hydrogen) atoms. The zero-order chi connectivity index (χ0) is 11.4. The molecule has 1 fully saturated rings. The van der Waals surface area contributed by atoms with Gasteiger partial charge in [-0.1, -0.05) is 0 Å². The Labute approximate surface area is 86.8 Å². The number of hydrogen-bond donors (Lipinski definition) is 3. The first-order valence-corrected chi connectivity index (χ1v) is 4.82. The zero-order valence-corrected chi connectivity index (χ0v) is 8.23. The van der Waals surface area contributed by atoms with Crippen molar-refractivity contribution in [3.05, 3.63) is 0 Å². The lowest BCUT2D eigenvalue weighted by Crippen LogP contribution is -2.42. The maximum atomic E-state index is 11.3. The molecule has 1 aliphatic rings. The fourth-order valence-corrected chi connectivity index (χ4v) is 1.18. The van der Waals surface area contributed by atoms with Crippen molar-refractivity contribution >= 4 is 17.8 Å². The third-order valence-corrected chi connectivity index (χ3v) is 2.24. The molecule has 0 bridgehead atoms. The Morgan fingerprint density at radius 3 is 2.40 bits per heavy atom. The monoisotopic (exact) mass is 214 g/mol. The predicted octanol–water partition coefficient (Wildman–Crippen LogP) is -0.769. The molecular weight excluding hydrogens is 200 g/mol. The van der Waals surface area contributed by atoms with E-state index in [0.29, 0.717) is 0 Å². The molecule has 0 heterocycles. The number of carboxylic acids is 1. The Balaban J connectivity index is 2.38. The summed E-state index contributed by atoms with van der Waals surface area (Å²) in [7, 11) is 0. The summed E-state index contributed by atoms with van der Waals surface area (Å²) >= 11 is 0. The van der Waals surface area contributed by atoms with Gasteiger partial charge in [0.15, 0.2) is 0 Å². The summed E-state index contributed by atoms with van der Waals surface area (Å²) in [6, 6.07) is -1.01. The molecule has 0 aromatic carbocycles. The van der Waals surface area contributed by atoms with Gasteiger partial charge in [-0.2, -0.15) is 0 Å². The summed E-state index contributed by atoms with van der Waals surface area (Å²) in [5.41, 5.74) is 4.90. The third kappa shape index (κ3) is 3.97. The van der Waals surface area contributed by atoms with Gasteiger partial charge < -0.3 is 16.2 Å².